The van der Waals surface area contributed by atoms with E-state index < -0.39 is 0 Å². The van der Waals surface area contributed by atoms with Crippen LogP contribution in [0.2, 0.25) is 0 Å². The lowest BCUT2D eigenvalue weighted by Gasteiger charge is -2.30. The second kappa shape index (κ2) is 8.19. The molecule has 0 spiro atoms. The number of rotatable bonds is 5. The number of fused-ring (bicyclic) bond motifs is 1. The Labute approximate surface area is 181 Å². The van der Waals surface area contributed by atoms with E-state index in [0.29, 0.717) is 17.6 Å². The molecule has 2 N–H and O–H groups in total. The lowest BCUT2D eigenvalue weighted by Crippen LogP contribution is -2.44. The molecule has 2 fully saturated rings. The number of piperazine rings is 1. The van der Waals surface area contributed by atoms with Crippen molar-refractivity contribution in [3.05, 3.63) is 36.3 Å². The Morgan fingerprint density at radius 3 is 2.74 bits per heavy atom. The molecule has 2 aliphatic rings. The number of hydrogen-bond donors (Lipinski definition) is 2. The van der Waals surface area contributed by atoms with Crippen molar-refractivity contribution >= 4 is 28.4 Å². The summed E-state index contributed by atoms with van der Waals surface area (Å²) >= 11 is 0. The van der Waals surface area contributed by atoms with Crippen LogP contribution >= 0.6 is 0 Å². The van der Waals surface area contributed by atoms with Crippen LogP contribution in [0.5, 0.6) is 0 Å². The molecule has 0 bridgehead atoms. The number of hydrogen-bond acceptors (Lipinski definition) is 7. The zero-order valence-electron chi connectivity index (χ0n) is 17.9. The highest BCUT2D eigenvalue weighted by molar-refractivity contribution is 5.94. The molecule has 5 rings (SSSR count). The van der Waals surface area contributed by atoms with Crippen LogP contribution in [0.4, 0.5) is 11.6 Å². The predicted molar refractivity (Wildman–Crippen MR) is 121 cm³/mol. The molecule has 160 valence electrons. The summed E-state index contributed by atoms with van der Waals surface area (Å²) in [7, 11) is 0. The third-order valence-corrected chi connectivity index (χ3v) is 5.84. The standard InChI is InChI=1S/C23H27N7O/c1-14(2)23(31)28-19-11-16(5-6-26-19)21-27-18-13-25-12-17(15-3-4-15)20(18)22(29-21)30-9-7-24-8-10-30/h5-6,11-15,24H,3-4,7-10H2,1-2H3,(H,26,28,31). The number of carbonyl (C=O) groups excluding carboxylic acids is 1. The van der Waals surface area contributed by atoms with Crippen LogP contribution in [-0.4, -0.2) is 52.0 Å². The second-order valence-electron chi connectivity index (χ2n) is 8.58. The van der Waals surface area contributed by atoms with Crippen molar-refractivity contribution in [1.29, 1.82) is 0 Å². The van der Waals surface area contributed by atoms with E-state index >= 15 is 0 Å². The molecule has 8 nitrogen and oxygen atoms in total. The molecule has 0 radical (unpaired) electrons. The number of nitrogens with zero attached hydrogens (tertiary/aromatic N) is 5. The molecule has 31 heavy (non-hydrogen) atoms. The normalized spacial score (nSPS) is 16.7. The van der Waals surface area contributed by atoms with Gasteiger partial charge in [0.05, 0.1) is 11.7 Å². The van der Waals surface area contributed by atoms with Gasteiger partial charge < -0.3 is 15.5 Å². The number of amides is 1. The second-order valence-corrected chi connectivity index (χ2v) is 8.58. The summed E-state index contributed by atoms with van der Waals surface area (Å²) in [6.45, 7) is 7.40. The van der Waals surface area contributed by atoms with E-state index in [9.17, 15) is 4.79 Å². The Bertz CT molecular complexity index is 1120. The van der Waals surface area contributed by atoms with Gasteiger partial charge in [-0.2, -0.15) is 0 Å². The Balaban J connectivity index is 1.61. The highest BCUT2D eigenvalue weighted by atomic mass is 16.1. The first kappa shape index (κ1) is 19.8. The van der Waals surface area contributed by atoms with Crippen LogP contribution in [0.1, 0.15) is 38.2 Å². The SMILES string of the molecule is CC(C)C(=O)Nc1cc(-c2nc(N3CCNCC3)c3c(C4CC4)cncc3n2)ccn1. The molecule has 0 aromatic carbocycles. The molecule has 1 amide bonds. The molecule has 8 heteroatoms. The zero-order chi connectivity index (χ0) is 21.4. The Kier molecular flexibility index (Phi) is 5.23. The fourth-order valence-electron chi connectivity index (χ4n) is 3.94. The van der Waals surface area contributed by atoms with E-state index in [1.54, 1.807) is 6.20 Å². The quantitative estimate of drug-likeness (QED) is 0.659. The molecule has 1 saturated carbocycles. The number of carbonyl (C=O) groups is 1. The van der Waals surface area contributed by atoms with E-state index in [0.717, 1.165) is 48.5 Å². The number of aromatic nitrogens is 4. The van der Waals surface area contributed by atoms with Gasteiger partial charge in [0.1, 0.15) is 11.6 Å². The smallest absolute Gasteiger partial charge is 0.228 e. The van der Waals surface area contributed by atoms with Crippen LogP contribution in [0, 0.1) is 5.92 Å². The third-order valence-electron chi connectivity index (χ3n) is 5.84. The van der Waals surface area contributed by atoms with E-state index in [1.165, 1.54) is 18.4 Å². The maximum Gasteiger partial charge on any atom is 0.228 e. The van der Waals surface area contributed by atoms with Gasteiger partial charge >= 0.3 is 0 Å². The lowest BCUT2D eigenvalue weighted by atomic mass is 10.1. The number of pyridine rings is 2. The molecule has 1 aliphatic carbocycles. The van der Waals surface area contributed by atoms with E-state index in [2.05, 4.69) is 25.5 Å². The van der Waals surface area contributed by atoms with Crippen molar-refractivity contribution < 1.29 is 4.79 Å². The van der Waals surface area contributed by atoms with Crippen molar-refractivity contribution in [2.75, 3.05) is 36.4 Å². The van der Waals surface area contributed by atoms with Crippen molar-refractivity contribution in [2.45, 2.75) is 32.6 Å². The summed E-state index contributed by atoms with van der Waals surface area (Å²) in [6.07, 6.45) is 7.91. The summed E-state index contributed by atoms with van der Waals surface area (Å²) in [4.78, 5) is 33.1. The van der Waals surface area contributed by atoms with Crippen LogP contribution in [0.15, 0.2) is 30.7 Å². The van der Waals surface area contributed by atoms with Gasteiger partial charge in [0.2, 0.25) is 5.91 Å². The van der Waals surface area contributed by atoms with E-state index in [1.807, 2.05) is 38.4 Å². The molecule has 0 atom stereocenters. The van der Waals surface area contributed by atoms with Crippen molar-refractivity contribution in [1.82, 2.24) is 25.3 Å². The monoisotopic (exact) mass is 417 g/mol. The topological polar surface area (TPSA) is 95.9 Å². The molecular formula is C23H27N7O. The highest BCUT2D eigenvalue weighted by Gasteiger charge is 2.29. The summed E-state index contributed by atoms with van der Waals surface area (Å²) in [5.74, 6) is 2.49. The lowest BCUT2D eigenvalue weighted by molar-refractivity contribution is -0.118. The Morgan fingerprint density at radius 2 is 2.00 bits per heavy atom. The van der Waals surface area contributed by atoms with Crippen LogP contribution in [-0.2, 0) is 4.79 Å². The highest BCUT2D eigenvalue weighted by Crippen LogP contribution is 2.44. The minimum atomic E-state index is -0.117. The maximum absolute atomic E-state index is 12.1. The number of nitrogens with one attached hydrogen (secondary N) is 2. The first-order valence-electron chi connectivity index (χ1n) is 11.0. The van der Waals surface area contributed by atoms with Gasteiger partial charge in [0.15, 0.2) is 5.82 Å². The molecule has 1 aliphatic heterocycles. The van der Waals surface area contributed by atoms with Gasteiger partial charge in [0, 0.05) is 55.4 Å². The van der Waals surface area contributed by atoms with Gasteiger partial charge in [-0.3, -0.25) is 9.78 Å². The van der Waals surface area contributed by atoms with Crippen molar-refractivity contribution in [3.63, 3.8) is 0 Å². The molecule has 0 unspecified atom stereocenters. The van der Waals surface area contributed by atoms with Crippen LogP contribution < -0.4 is 15.5 Å². The zero-order valence-corrected chi connectivity index (χ0v) is 17.9. The fourth-order valence-corrected chi connectivity index (χ4v) is 3.94. The minimum Gasteiger partial charge on any atom is -0.353 e. The van der Waals surface area contributed by atoms with E-state index in [-0.39, 0.29) is 11.8 Å². The summed E-state index contributed by atoms with van der Waals surface area (Å²) in [5.41, 5.74) is 2.95. The summed E-state index contributed by atoms with van der Waals surface area (Å²) < 4.78 is 0. The van der Waals surface area contributed by atoms with Crippen LogP contribution in [0.25, 0.3) is 22.3 Å². The largest absolute Gasteiger partial charge is 0.353 e. The summed E-state index contributed by atoms with van der Waals surface area (Å²) in [5, 5.41) is 7.41. The van der Waals surface area contributed by atoms with Gasteiger partial charge in [-0.15, -0.1) is 0 Å². The van der Waals surface area contributed by atoms with Gasteiger partial charge in [-0.1, -0.05) is 13.8 Å². The van der Waals surface area contributed by atoms with Crippen molar-refractivity contribution in [2.24, 2.45) is 5.92 Å². The average Bonchev–Trinajstić information content (AvgIpc) is 3.64. The maximum atomic E-state index is 12.1. The average molecular weight is 418 g/mol. The van der Waals surface area contributed by atoms with Gasteiger partial charge in [0.25, 0.3) is 0 Å². The van der Waals surface area contributed by atoms with Gasteiger partial charge in [-0.05, 0) is 36.5 Å². The summed E-state index contributed by atoms with van der Waals surface area (Å²) in [6, 6.07) is 3.72. The molecule has 3 aromatic heterocycles. The molecule has 1 saturated heterocycles. The third kappa shape index (κ3) is 4.07. The predicted octanol–water partition coefficient (Wildman–Crippen LogP) is 2.97. The number of anilines is 2. The Morgan fingerprint density at radius 1 is 1.19 bits per heavy atom. The minimum absolute atomic E-state index is 0.0659. The van der Waals surface area contributed by atoms with Crippen LogP contribution in [0.3, 0.4) is 0 Å². The fraction of sp³-hybridized carbons (Fsp3) is 0.435. The molecular weight excluding hydrogens is 390 g/mol. The van der Waals surface area contributed by atoms with Crippen molar-refractivity contribution in [3.8, 4) is 11.4 Å². The van der Waals surface area contributed by atoms with E-state index in [4.69, 9.17) is 9.97 Å². The Hall–Kier alpha value is -3.13. The molecule has 4 heterocycles. The van der Waals surface area contributed by atoms with Gasteiger partial charge in [-0.25, -0.2) is 15.0 Å². The first-order valence-corrected chi connectivity index (χ1v) is 11.0. The molecule has 3 aromatic rings. The first-order chi connectivity index (χ1) is 15.1.